The van der Waals surface area contributed by atoms with Crippen LogP contribution in [0.1, 0.15) is 47.0 Å². The van der Waals surface area contributed by atoms with Crippen molar-refractivity contribution in [1.29, 1.82) is 0 Å². The topological polar surface area (TPSA) is 45.7 Å². The largest absolute Gasteiger partial charge is 0.377 e. The third kappa shape index (κ3) is 2.88. The van der Waals surface area contributed by atoms with Crippen LogP contribution in [0.25, 0.3) is 0 Å². The molecule has 3 atom stereocenters. The van der Waals surface area contributed by atoms with Crippen LogP contribution in [0.5, 0.6) is 0 Å². The van der Waals surface area contributed by atoms with E-state index in [1.54, 1.807) is 0 Å². The lowest BCUT2D eigenvalue weighted by Gasteiger charge is -2.54. The molecule has 110 valence electrons. The fourth-order valence-electron chi connectivity index (χ4n) is 3.43. The van der Waals surface area contributed by atoms with Crippen LogP contribution in [-0.4, -0.2) is 37.8 Å². The molecule has 1 heterocycles. The third-order valence-corrected chi connectivity index (χ3v) is 4.52. The lowest BCUT2D eigenvalue weighted by Crippen LogP contribution is -2.67. The Bertz CT molecular complexity index is 327. The quantitative estimate of drug-likeness (QED) is 0.456. The molecule has 2 aliphatic rings. The van der Waals surface area contributed by atoms with E-state index in [2.05, 4.69) is 43.3 Å². The maximum atomic E-state index is 5.84. The second kappa shape index (κ2) is 6.12. The van der Waals surface area contributed by atoms with Gasteiger partial charge in [-0.15, -0.1) is 0 Å². The summed E-state index contributed by atoms with van der Waals surface area (Å²) in [6, 6.07) is 0.486. The van der Waals surface area contributed by atoms with Crippen LogP contribution in [0.15, 0.2) is 4.99 Å². The van der Waals surface area contributed by atoms with Crippen molar-refractivity contribution in [3.8, 4) is 0 Å². The molecule has 1 aliphatic carbocycles. The molecule has 3 unspecified atom stereocenters. The van der Waals surface area contributed by atoms with E-state index in [9.17, 15) is 0 Å². The zero-order chi connectivity index (χ0) is 13.9. The van der Waals surface area contributed by atoms with Crippen molar-refractivity contribution >= 4 is 5.96 Å². The standard InChI is InChI=1S/C15H29N3O/c1-5-7-9-17-14(16-6-2)18-12-11-8-10-19-13(11)15(12,3)4/h11-13H,5-10H2,1-4H3,(H2,16,17,18). The highest BCUT2D eigenvalue weighted by atomic mass is 16.5. The van der Waals surface area contributed by atoms with Crippen LogP contribution < -0.4 is 10.6 Å². The average molecular weight is 267 g/mol. The van der Waals surface area contributed by atoms with Crippen LogP contribution >= 0.6 is 0 Å². The summed E-state index contributed by atoms with van der Waals surface area (Å²) in [7, 11) is 0. The molecular formula is C15H29N3O. The molecule has 0 spiro atoms. The monoisotopic (exact) mass is 267 g/mol. The molecule has 0 aromatic carbocycles. The molecule has 1 saturated heterocycles. The van der Waals surface area contributed by atoms with E-state index < -0.39 is 0 Å². The summed E-state index contributed by atoms with van der Waals surface area (Å²) in [6.07, 6.45) is 3.96. The highest BCUT2D eigenvalue weighted by Crippen LogP contribution is 2.51. The van der Waals surface area contributed by atoms with Crippen LogP contribution in [0.3, 0.4) is 0 Å². The SMILES string of the molecule is CCCCN=C(NCC)NC1C2CCOC2C1(C)C. The number of ether oxygens (including phenoxy) is 1. The lowest BCUT2D eigenvalue weighted by atomic mass is 9.57. The third-order valence-electron chi connectivity index (χ3n) is 4.52. The molecular weight excluding hydrogens is 238 g/mol. The van der Waals surface area contributed by atoms with Gasteiger partial charge in [0, 0.05) is 37.1 Å². The first-order valence-electron chi connectivity index (χ1n) is 7.77. The van der Waals surface area contributed by atoms with Gasteiger partial charge < -0.3 is 15.4 Å². The van der Waals surface area contributed by atoms with Crippen molar-refractivity contribution in [2.45, 2.75) is 59.1 Å². The van der Waals surface area contributed by atoms with E-state index in [0.29, 0.717) is 18.1 Å². The molecule has 19 heavy (non-hydrogen) atoms. The number of aliphatic imine (C=N–C) groups is 1. The van der Waals surface area contributed by atoms with Crippen LogP contribution in [0, 0.1) is 11.3 Å². The number of unbranched alkanes of at least 4 members (excludes halogenated alkanes) is 1. The molecule has 0 bridgehead atoms. The van der Waals surface area contributed by atoms with E-state index >= 15 is 0 Å². The molecule has 1 saturated carbocycles. The fraction of sp³-hybridized carbons (Fsp3) is 0.933. The molecule has 2 rings (SSSR count). The highest BCUT2D eigenvalue weighted by molar-refractivity contribution is 5.80. The van der Waals surface area contributed by atoms with Crippen molar-refractivity contribution in [3.05, 3.63) is 0 Å². The molecule has 2 N–H and O–H groups in total. The normalized spacial score (nSPS) is 32.6. The number of guanidine groups is 1. The Hall–Kier alpha value is -0.770. The van der Waals surface area contributed by atoms with E-state index in [1.165, 1.54) is 12.8 Å². The molecule has 4 heteroatoms. The molecule has 0 aromatic rings. The minimum Gasteiger partial charge on any atom is -0.377 e. The van der Waals surface area contributed by atoms with Crippen molar-refractivity contribution in [1.82, 2.24) is 10.6 Å². The number of rotatable bonds is 5. The Labute approximate surface area is 117 Å². The number of hydrogen-bond acceptors (Lipinski definition) is 2. The van der Waals surface area contributed by atoms with E-state index in [0.717, 1.165) is 32.1 Å². The summed E-state index contributed by atoms with van der Waals surface area (Å²) in [5.41, 5.74) is 0.210. The van der Waals surface area contributed by atoms with Crippen molar-refractivity contribution < 1.29 is 4.74 Å². The van der Waals surface area contributed by atoms with Gasteiger partial charge in [-0.05, 0) is 19.8 Å². The Morgan fingerprint density at radius 2 is 2.16 bits per heavy atom. The van der Waals surface area contributed by atoms with Gasteiger partial charge in [0.1, 0.15) is 0 Å². The fourth-order valence-corrected chi connectivity index (χ4v) is 3.43. The van der Waals surface area contributed by atoms with Gasteiger partial charge in [0.15, 0.2) is 5.96 Å². The second-order valence-corrected chi connectivity index (χ2v) is 6.30. The van der Waals surface area contributed by atoms with Crippen LogP contribution in [-0.2, 0) is 4.74 Å². The highest BCUT2D eigenvalue weighted by Gasteiger charge is 2.59. The summed E-state index contributed by atoms with van der Waals surface area (Å²) in [4.78, 5) is 4.66. The predicted molar refractivity (Wildman–Crippen MR) is 79.4 cm³/mol. The van der Waals surface area contributed by atoms with Gasteiger partial charge in [-0.25, -0.2) is 0 Å². The van der Waals surface area contributed by atoms with Crippen LogP contribution in [0.4, 0.5) is 0 Å². The minimum atomic E-state index is 0.210. The van der Waals surface area contributed by atoms with Crippen molar-refractivity contribution in [3.63, 3.8) is 0 Å². The first kappa shape index (κ1) is 14.6. The zero-order valence-electron chi connectivity index (χ0n) is 12.8. The molecule has 0 amide bonds. The van der Waals surface area contributed by atoms with Gasteiger partial charge in [-0.2, -0.15) is 0 Å². The van der Waals surface area contributed by atoms with E-state index in [4.69, 9.17) is 4.74 Å². The summed E-state index contributed by atoms with van der Waals surface area (Å²) in [5, 5.41) is 6.99. The summed E-state index contributed by atoms with van der Waals surface area (Å²) >= 11 is 0. The van der Waals surface area contributed by atoms with E-state index in [1.807, 2.05) is 0 Å². The maximum Gasteiger partial charge on any atom is 0.191 e. The zero-order valence-corrected chi connectivity index (χ0v) is 12.8. The van der Waals surface area contributed by atoms with Crippen molar-refractivity contribution in [2.75, 3.05) is 19.7 Å². The summed E-state index contributed by atoms with van der Waals surface area (Å²) < 4.78 is 5.84. The summed E-state index contributed by atoms with van der Waals surface area (Å²) in [5.74, 6) is 1.63. The van der Waals surface area contributed by atoms with Crippen molar-refractivity contribution in [2.24, 2.45) is 16.3 Å². The van der Waals surface area contributed by atoms with Gasteiger partial charge in [-0.3, -0.25) is 4.99 Å². The second-order valence-electron chi connectivity index (χ2n) is 6.30. The van der Waals surface area contributed by atoms with Crippen LogP contribution in [0.2, 0.25) is 0 Å². The Balaban J connectivity index is 1.95. The lowest BCUT2D eigenvalue weighted by molar-refractivity contribution is -0.106. The molecule has 1 aliphatic heterocycles. The van der Waals surface area contributed by atoms with E-state index in [-0.39, 0.29) is 5.41 Å². The Morgan fingerprint density at radius 1 is 1.37 bits per heavy atom. The van der Waals surface area contributed by atoms with Gasteiger partial charge in [0.05, 0.1) is 6.10 Å². The Morgan fingerprint density at radius 3 is 2.84 bits per heavy atom. The average Bonchev–Trinajstić information content (AvgIpc) is 2.82. The minimum absolute atomic E-state index is 0.210. The van der Waals surface area contributed by atoms with Gasteiger partial charge in [0.25, 0.3) is 0 Å². The number of fused-ring (bicyclic) bond motifs is 1. The maximum absolute atomic E-state index is 5.84. The van der Waals surface area contributed by atoms with Gasteiger partial charge in [0.2, 0.25) is 0 Å². The molecule has 0 aromatic heterocycles. The number of nitrogens with zero attached hydrogens (tertiary/aromatic N) is 1. The summed E-state index contributed by atoms with van der Waals surface area (Å²) in [6.45, 7) is 11.6. The molecule has 4 nitrogen and oxygen atoms in total. The smallest absolute Gasteiger partial charge is 0.191 e. The molecule has 0 radical (unpaired) electrons. The van der Waals surface area contributed by atoms with Gasteiger partial charge >= 0.3 is 0 Å². The number of nitrogens with one attached hydrogen (secondary N) is 2. The number of hydrogen-bond donors (Lipinski definition) is 2. The molecule has 2 fully saturated rings. The Kier molecular flexibility index (Phi) is 4.71. The first-order valence-corrected chi connectivity index (χ1v) is 7.77. The predicted octanol–water partition coefficient (Wildman–Crippen LogP) is 2.16. The van der Waals surface area contributed by atoms with Gasteiger partial charge in [-0.1, -0.05) is 27.2 Å². The first-order chi connectivity index (χ1) is 9.11.